The van der Waals surface area contributed by atoms with Gasteiger partial charge in [-0.3, -0.25) is 9.69 Å². The fourth-order valence-electron chi connectivity index (χ4n) is 2.41. The molecule has 3 rings (SSSR count). The number of nitrogens with zero attached hydrogens (tertiary/aromatic N) is 2. The van der Waals surface area contributed by atoms with Crippen LogP contribution < -0.4 is 16.0 Å². The van der Waals surface area contributed by atoms with Gasteiger partial charge in [-0.15, -0.1) is 0 Å². The fourth-order valence-corrected chi connectivity index (χ4v) is 2.41. The van der Waals surface area contributed by atoms with Crippen molar-refractivity contribution in [2.75, 3.05) is 23.0 Å². The number of nitrogens with one attached hydrogen (secondary N) is 1. The lowest BCUT2D eigenvalue weighted by Gasteiger charge is -2.17. The van der Waals surface area contributed by atoms with Crippen LogP contribution in [0.25, 0.3) is 0 Å². The summed E-state index contributed by atoms with van der Waals surface area (Å²) in [5.41, 5.74) is 10.0. The second kappa shape index (κ2) is 4.52. The van der Waals surface area contributed by atoms with Gasteiger partial charge < -0.3 is 11.1 Å². The van der Waals surface area contributed by atoms with E-state index in [1.807, 2.05) is 32.2 Å². The van der Waals surface area contributed by atoms with Gasteiger partial charge in [0.2, 0.25) is 5.91 Å². The van der Waals surface area contributed by atoms with E-state index in [0.29, 0.717) is 17.9 Å². The maximum Gasteiger partial charge on any atom is 0.237 e. The van der Waals surface area contributed by atoms with E-state index in [9.17, 15) is 4.79 Å². The van der Waals surface area contributed by atoms with E-state index in [1.165, 1.54) is 0 Å². The molecule has 1 aliphatic rings. The molecule has 2 aromatic rings. The molecule has 0 spiro atoms. The van der Waals surface area contributed by atoms with Crippen molar-refractivity contribution >= 4 is 28.8 Å². The first-order valence-electron chi connectivity index (χ1n) is 6.47. The molecular formula is C15H16N4O. The molecule has 102 valence electrons. The summed E-state index contributed by atoms with van der Waals surface area (Å²) in [4.78, 5) is 18.3. The number of aryl methyl sites for hydroxylation is 1. The first-order chi connectivity index (χ1) is 9.60. The minimum absolute atomic E-state index is 0.0323. The minimum atomic E-state index is 0.0323. The van der Waals surface area contributed by atoms with Crippen molar-refractivity contribution in [2.24, 2.45) is 0 Å². The number of hydrogen-bond acceptors (Lipinski definition) is 4. The molecule has 0 fully saturated rings. The fraction of sp³-hybridized carbons (Fsp3) is 0.200. The largest absolute Gasteiger partial charge is 0.397 e. The molecule has 0 radical (unpaired) electrons. The van der Waals surface area contributed by atoms with Crippen LogP contribution in [0.3, 0.4) is 0 Å². The third-order valence-electron chi connectivity index (χ3n) is 3.54. The van der Waals surface area contributed by atoms with Crippen molar-refractivity contribution in [3.8, 4) is 0 Å². The highest BCUT2D eigenvalue weighted by molar-refractivity contribution is 6.07. The summed E-state index contributed by atoms with van der Waals surface area (Å²) in [6.07, 6.45) is 0.399. The van der Waals surface area contributed by atoms with Crippen LogP contribution in [0.15, 0.2) is 30.3 Å². The zero-order chi connectivity index (χ0) is 14.3. The van der Waals surface area contributed by atoms with Gasteiger partial charge >= 0.3 is 0 Å². The van der Waals surface area contributed by atoms with Crippen LogP contribution in [0, 0.1) is 6.92 Å². The molecular weight excluding hydrogens is 252 g/mol. The number of pyridine rings is 1. The number of carbonyl (C=O) groups excluding carboxylic acids is 1. The van der Waals surface area contributed by atoms with Crippen LogP contribution in [-0.2, 0) is 11.2 Å². The molecule has 5 nitrogen and oxygen atoms in total. The van der Waals surface area contributed by atoms with Gasteiger partial charge in [0, 0.05) is 12.7 Å². The molecule has 5 heteroatoms. The number of rotatable bonds is 2. The van der Waals surface area contributed by atoms with E-state index in [0.717, 1.165) is 22.6 Å². The Morgan fingerprint density at radius 2 is 2.10 bits per heavy atom. The molecule has 2 heterocycles. The van der Waals surface area contributed by atoms with Crippen LogP contribution in [-0.4, -0.2) is 17.9 Å². The van der Waals surface area contributed by atoms with Crippen molar-refractivity contribution in [1.82, 2.24) is 4.98 Å². The monoisotopic (exact) mass is 268 g/mol. The Morgan fingerprint density at radius 1 is 1.30 bits per heavy atom. The van der Waals surface area contributed by atoms with E-state index >= 15 is 0 Å². The van der Waals surface area contributed by atoms with Gasteiger partial charge in [-0.05, 0) is 42.8 Å². The summed E-state index contributed by atoms with van der Waals surface area (Å²) in [7, 11) is 1.86. The van der Waals surface area contributed by atoms with E-state index < -0.39 is 0 Å². The summed E-state index contributed by atoms with van der Waals surface area (Å²) in [6.45, 7) is 1.84. The van der Waals surface area contributed by atoms with E-state index in [4.69, 9.17) is 5.73 Å². The predicted molar refractivity (Wildman–Crippen MR) is 80.2 cm³/mol. The second-order valence-electron chi connectivity index (χ2n) is 4.84. The molecule has 0 saturated carbocycles. The normalized spacial score (nSPS) is 13.5. The molecule has 1 aliphatic heterocycles. The smallest absolute Gasteiger partial charge is 0.237 e. The summed E-state index contributed by atoms with van der Waals surface area (Å²) < 4.78 is 0. The van der Waals surface area contributed by atoms with Crippen LogP contribution in [0.5, 0.6) is 0 Å². The van der Waals surface area contributed by atoms with Crippen molar-refractivity contribution in [2.45, 2.75) is 13.3 Å². The molecule has 1 amide bonds. The lowest BCUT2D eigenvalue weighted by atomic mass is 10.1. The zero-order valence-corrected chi connectivity index (χ0v) is 11.5. The standard InChI is InChI=1S/C15H16N4O/c1-9-12(16)4-6-14(18-9)19-13-5-3-11(17-2)7-10(13)8-15(19)20/h3-7,17H,8,16H2,1-2H3. The number of nitrogens with two attached hydrogens (primary N) is 1. The van der Waals surface area contributed by atoms with E-state index in [1.54, 1.807) is 17.0 Å². The van der Waals surface area contributed by atoms with Crippen molar-refractivity contribution in [3.63, 3.8) is 0 Å². The van der Waals surface area contributed by atoms with Crippen LogP contribution in [0.1, 0.15) is 11.3 Å². The van der Waals surface area contributed by atoms with Crippen LogP contribution in [0.2, 0.25) is 0 Å². The maximum absolute atomic E-state index is 12.3. The zero-order valence-electron chi connectivity index (χ0n) is 11.5. The molecule has 0 atom stereocenters. The van der Waals surface area contributed by atoms with Crippen molar-refractivity contribution in [1.29, 1.82) is 0 Å². The molecule has 0 unspecified atom stereocenters. The predicted octanol–water partition coefficient (Wildman–Crippen LogP) is 2.23. The highest BCUT2D eigenvalue weighted by Crippen LogP contribution is 2.36. The lowest BCUT2D eigenvalue weighted by Crippen LogP contribution is -2.22. The average molecular weight is 268 g/mol. The number of amides is 1. The minimum Gasteiger partial charge on any atom is -0.397 e. The summed E-state index contributed by atoms with van der Waals surface area (Å²) >= 11 is 0. The van der Waals surface area contributed by atoms with Gasteiger partial charge in [0.1, 0.15) is 5.82 Å². The quantitative estimate of drug-likeness (QED) is 0.876. The average Bonchev–Trinajstić information content (AvgIpc) is 2.76. The Kier molecular flexibility index (Phi) is 2.82. The van der Waals surface area contributed by atoms with Gasteiger partial charge in [0.05, 0.1) is 23.5 Å². The highest BCUT2D eigenvalue weighted by atomic mass is 16.2. The number of benzene rings is 1. The van der Waals surface area contributed by atoms with Crippen molar-refractivity contribution < 1.29 is 4.79 Å². The molecule has 0 saturated heterocycles. The van der Waals surface area contributed by atoms with E-state index in [2.05, 4.69) is 10.3 Å². The number of aromatic nitrogens is 1. The third kappa shape index (κ3) is 1.87. The first kappa shape index (κ1) is 12.5. The summed E-state index contributed by atoms with van der Waals surface area (Å²) in [6, 6.07) is 9.46. The van der Waals surface area contributed by atoms with Gasteiger partial charge in [-0.1, -0.05) is 0 Å². The van der Waals surface area contributed by atoms with Crippen LogP contribution >= 0.6 is 0 Å². The third-order valence-corrected chi connectivity index (χ3v) is 3.54. The number of hydrogen-bond donors (Lipinski definition) is 2. The van der Waals surface area contributed by atoms with Crippen LogP contribution in [0.4, 0.5) is 22.9 Å². The molecule has 20 heavy (non-hydrogen) atoms. The van der Waals surface area contributed by atoms with Gasteiger partial charge in [-0.2, -0.15) is 0 Å². The molecule has 3 N–H and O–H groups in total. The Bertz CT molecular complexity index is 696. The number of nitrogen functional groups attached to an aromatic ring is 1. The number of anilines is 4. The summed E-state index contributed by atoms with van der Waals surface area (Å²) in [5.74, 6) is 0.655. The molecule has 0 bridgehead atoms. The lowest BCUT2D eigenvalue weighted by molar-refractivity contribution is -0.116. The first-order valence-corrected chi connectivity index (χ1v) is 6.47. The highest BCUT2D eigenvalue weighted by Gasteiger charge is 2.29. The Labute approximate surface area is 117 Å². The van der Waals surface area contributed by atoms with Gasteiger partial charge in [0.15, 0.2) is 0 Å². The second-order valence-corrected chi connectivity index (χ2v) is 4.84. The Morgan fingerprint density at radius 3 is 2.80 bits per heavy atom. The molecule has 1 aromatic carbocycles. The Hall–Kier alpha value is -2.56. The SMILES string of the molecule is CNc1ccc2c(c1)CC(=O)N2c1ccc(N)c(C)n1. The summed E-state index contributed by atoms with van der Waals surface area (Å²) in [5, 5.41) is 3.08. The van der Waals surface area contributed by atoms with Gasteiger partial charge in [-0.25, -0.2) is 4.98 Å². The molecule has 0 aliphatic carbocycles. The maximum atomic E-state index is 12.3. The Balaban J connectivity index is 2.07. The van der Waals surface area contributed by atoms with Crippen molar-refractivity contribution in [3.05, 3.63) is 41.6 Å². The van der Waals surface area contributed by atoms with E-state index in [-0.39, 0.29) is 5.91 Å². The topological polar surface area (TPSA) is 71.2 Å². The number of fused-ring (bicyclic) bond motifs is 1. The number of carbonyl (C=O) groups is 1. The molecule has 1 aromatic heterocycles. The van der Waals surface area contributed by atoms with Gasteiger partial charge in [0.25, 0.3) is 0 Å².